The van der Waals surface area contributed by atoms with E-state index in [0.717, 1.165) is 18.3 Å². The molecule has 5 aliphatic rings. The Kier molecular flexibility index (Phi) is 1.70. The summed E-state index contributed by atoms with van der Waals surface area (Å²) in [5.41, 5.74) is -0.199. The molecule has 2 heterocycles. The summed E-state index contributed by atoms with van der Waals surface area (Å²) < 4.78 is 4.89. The number of hydrogen-bond acceptors (Lipinski definition) is 2. The molecule has 1 aromatic heterocycles. The smallest absolute Gasteiger partial charge is 0.246 e. The first-order valence-corrected chi connectivity index (χ1v) is 7.58. The van der Waals surface area contributed by atoms with E-state index in [1.807, 2.05) is 0 Å². The number of fused-ring (bicyclic) bond motifs is 7. The maximum absolute atomic E-state index is 12.3. The highest BCUT2D eigenvalue weighted by Crippen LogP contribution is 2.64. The van der Waals surface area contributed by atoms with Crippen molar-refractivity contribution in [2.75, 3.05) is 0 Å². The Morgan fingerprint density at radius 3 is 1.68 bits per heavy atom. The molecular weight excluding hydrogens is 242 g/mol. The van der Waals surface area contributed by atoms with E-state index in [2.05, 4.69) is 0 Å². The van der Waals surface area contributed by atoms with Crippen LogP contribution in [0.5, 0.6) is 0 Å². The van der Waals surface area contributed by atoms with Crippen LogP contribution in [0.3, 0.4) is 0 Å². The summed E-state index contributed by atoms with van der Waals surface area (Å²) in [7, 11) is 1.61. The first-order valence-electron chi connectivity index (χ1n) is 7.58. The zero-order chi connectivity index (χ0) is 12.9. The van der Waals surface area contributed by atoms with Crippen molar-refractivity contribution in [3.63, 3.8) is 0 Å². The number of nitrogens with zero attached hydrogens (tertiary/aromatic N) is 3. The van der Waals surface area contributed by atoms with Gasteiger partial charge in [0, 0.05) is 7.05 Å². The molecule has 0 radical (unpaired) electrons. The topological polar surface area (TPSA) is 48.9 Å². The van der Waals surface area contributed by atoms with Gasteiger partial charge in [-0.15, -0.1) is 0 Å². The molecule has 1 aliphatic heterocycles. The van der Waals surface area contributed by atoms with Crippen molar-refractivity contribution in [3.05, 3.63) is 21.0 Å². The fourth-order valence-electron chi connectivity index (χ4n) is 5.95. The molecular formula is C14H19N3O2. The van der Waals surface area contributed by atoms with Crippen molar-refractivity contribution in [1.82, 2.24) is 13.9 Å². The second-order valence-electron chi connectivity index (χ2n) is 7.01. The van der Waals surface area contributed by atoms with Gasteiger partial charge in [-0.05, 0) is 55.8 Å². The summed E-state index contributed by atoms with van der Waals surface area (Å²) >= 11 is 0. The third kappa shape index (κ3) is 0.986. The molecule has 4 fully saturated rings. The molecule has 19 heavy (non-hydrogen) atoms. The predicted molar refractivity (Wildman–Crippen MR) is 69.1 cm³/mol. The predicted octanol–water partition coefficient (Wildman–Crippen LogP) is 0.900. The van der Waals surface area contributed by atoms with Gasteiger partial charge in [0.15, 0.2) is 0 Å². The molecule has 0 spiro atoms. The summed E-state index contributed by atoms with van der Waals surface area (Å²) in [6, 6.07) is 0.619. The van der Waals surface area contributed by atoms with Gasteiger partial charge in [-0.25, -0.2) is 23.5 Å². The molecule has 5 heteroatoms. The molecule has 0 saturated heterocycles. The van der Waals surface area contributed by atoms with Crippen LogP contribution in [-0.2, 0) is 7.05 Å². The van der Waals surface area contributed by atoms with E-state index in [9.17, 15) is 9.59 Å². The zero-order valence-corrected chi connectivity index (χ0v) is 11.2. The van der Waals surface area contributed by atoms with Crippen molar-refractivity contribution < 1.29 is 0 Å². The molecule has 102 valence electrons. The summed E-state index contributed by atoms with van der Waals surface area (Å²) in [6.45, 7) is 0. The molecule has 5 nitrogen and oxygen atoms in total. The first-order chi connectivity index (χ1) is 9.18. The van der Waals surface area contributed by atoms with Crippen LogP contribution < -0.4 is 11.4 Å². The van der Waals surface area contributed by atoms with Crippen LogP contribution in [-0.4, -0.2) is 13.9 Å². The molecule has 0 N–H and O–H groups in total. The molecule has 0 unspecified atom stereocenters. The van der Waals surface area contributed by atoms with Gasteiger partial charge >= 0.3 is 11.4 Å². The minimum Gasteiger partial charge on any atom is -0.246 e. The average Bonchev–Trinajstić information content (AvgIpc) is 3.09. The Morgan fingerprint density at radius 2 is 1.26 bits per heavy atom. The fourth-order valence-corrected chi connectivity index (χ4v) is 5.95. The van der Waals surface area contributed by atoms with Gasteiger partial charge in [0.1, 0.15) is 0 Å². The lowest BCUT2D eigenvalue weighted by Gasteiger charge is -2.50. The second-order valence-corrected chi connectivity index (χ2v) is 7.01. The maximum Gasteiger partial charge on any atom is 0.347 e. The van der Waals surface area contributed by atoms with Crippen molar-refractivity contribution >= 4 is 0 Å². The van der Waals surface area contributed by atoms with E-state index < -0.39 is 0 Å². The van der Waals surface area contributed by atoms with E-state index in [1.165, 1.54) is 30.3 Å². The highest BCUT2D eigenvalue weighted by Gasteiger charge is 2.60. The van der Waals surface area contributed by atoms with E-state index in [1.54, 1.807) is 16.4 Å². The summed E-state index contributed by atoms with van der Waals surface area (Å²) in [6.07, 6.45) is 6.43. The van der Waals surface area contributed by atoms with Crippen LogP contribution in [0, 0.1) is 23.7 Å². The lowest BCUT2D eigenvalue weighted by atomic mass is 9.58. The van der Waals surface area contributed by atoms with Crippen LogP contribution in [0.4, 0.5) is 0 Å². The van der Waals surface area contributed by atoms with E-state index in [4.69, 9.17) is 0 Å². The number of aromatic nitrogens is 3. The van der Waals surface area contributed by atoms with Crippen LogP contribution in [0.25, 0.3) is 0 Å². The molecule has 4 saturated carbocycles. The molecule has 1 aromatic rings. The highest BCUT2D eigenvalue weighted by atomic mass is 16.2. The summed E-state index contributed by atoms with van der Waals surface area (Å²) in [5, 5.41) is 0. The first kappa shape index (κ1) is 10.5. The number of hydrogen-bond donors (Lipinski definition) is 0. The van der Waals surface area contributed by atoms with Gasteiger partial charge in [-0.2, -0.15) is 0 Å². The minimum absolute atomic E-state index is 0.0996. The van der Waals surface area contributed by atoms with Crippen molar-refractivity contribution in [2.45, 2.75) is 44.2 Å². The maximum atomic E-state index is 12.3. The Morgan fingerprint density at radius 1 is 0.842 bits per heavy atom. The van der Waals surface area contributed by atoms with E-state index in [0.29, 0.717) is 23.9 Å². The molecule has 0 amide bonds. The van der Waals surface area contributed by atoms with Crippen LogP contribution >= 0.6 is 0 Å². The third-order valence-corrected chi connectivity index (χ3v) is 6.55. The van der Waals surface area contributed by atoms with Gasteiger partial charge in [-0.3, -0.25) is 0 Å². The standard InChI is InChI=1S/C14H19N3O2/c1-15-13(18)16-9-6-10(17(16)14(15)19)12-8-3-2-7(4-5-8)11(9)12/h7-12H,2-6H2,1H3/t7?,8?,9-,10+,11-,12-/m1/s1. The van der Waals surface area contributed by atoms with Crippen LogP contribution in [0.15, 0.2) is 9.59 Å². The van der Waals surface area contributed by atoms with Crippen molar-refractivity contribution in [3.8, 4) is 0 Å². The Bertz CT molecular complexity index is 618. The Balaban J connectivity index is 1.76. The van der Waals surface area contributed by atoms with Crippen molar-refractivity contribution in [2.24, 2.45) is 30.7 Å². The molecule has 4 bridgehead atoms. The normalized spacial score (nSPS) is 45.5. The summed E-state index contributed by atoms with van der Waals surface area (Å²) in [5.74, 6) is 2.97. The largest absolute Gasteiger partial charge is 0.347 e. The van der Waals surface area contributed by atoms with Crippen LogP contribution in [0.1, 0.15) is 44.2 Å². The SMILES string of the molecule is Cn1c(=O)n2n(c1=O)[C@H]1C[C@@H]2[C@H]2C3CCC(CC3)[C@@H]21. The van der Waals surface area contributed by atoms with E-state index >= 15 is 0 Å². The third-order valence-electron chi connectivity index (χ3n) is 6.55. The fraction of sp³-hybridized carbons (Fsp3) is 0.857. The average molecular weight is 261 g/mol. The van der Waals surface area contributed by atoms with Gasteiger partial charge in [-0.1, -0.05) is 0 Å². The second kappa shape index (κ2) is 3.07. The van der Waals surface area contributed by atoms with Gasteiger partial charge in [0.2, 0.25) is 0 Å². The zero-order valence-electron chi connectivity index (χ0n) is 11.2. The van der Waals surface area contributed by atoms with Crippen molar-refractivity contribution in [1.29, 1.82) is 0 Å². The quantitative estimate of drug-likeness (QED) is 0.696. The van der Waals surface area contributed by atoms with Gasteiger partial charge in [0.25, 0.3) is 0 Å². The Labute approximate surface area is 110 Å². The van der Waals surface area contributed by atoms with Gasteiger partial charge < -0.3 is 0 Å². The van der Waals surface area contributed by atoms with E-state index in [-0.39, 0.29) is 11.4 Å². The highest BCUT2D eigenvalue weighted by molar-refractivity contribution is 5.10. The Hall–Kier alpha value is -1.26. The lowest BCUT2D eigenvalue weighted by molar-refractivity contribution is -0.0164. The van der Waals surface area contributed by atoms with Crippen LogP contribution in [0.2, 0.25) is 0 Å². The molecule has 6 rings (SSSR count). The molecule has 4 atom stereocenters. The number of rotatable bonds is 0. The monoisotopic (exact) mass is 261 g/mol. The molecule has 4 aliphatic carbocycles. The molecule has 0 aromatic carbocycles. The lowest BCUT2D eigenvalue weighted by Crippen LogP contribution is -2.48. The minimum atomic E-state index is -0.0996. The summed E-state index contributed by atoms with van der Waals surface area (Å²) in [4.78, 5) is 24.5. The van der Waals surface area contributed by atoms with Gasteiger partial charge in [0.05, 0.1) is 12.1 Å².